The molecule has 0 rings (SSSR count). The largest absolute Gasteiger partial charge is 0.303 e. The predicted octanol–water partition coefficient (Wildman–Crippen LogP) is 0.301. The summed E-state index contributed by atoms with van der Waals surface area (Å²) in [4.78, 5) is 22.3. The average molecular weight is 113 g/mol. The van der Waals surface area contributed by atoms with Crippen molar-refractivity contribution < 1.29 is 9.59 Å². The van der Waals surface area contributed by atoms with Crippen LogP contribution in [0.2, 0.25) is 0 Å². The molecule has 0 amide bonds. The molecule has 0 saturated heterocycles. The molecule has 0 bridgehead atoms. The Balaban J connectivity index is 2.93. The summed E-state index contributed by atoms with van der Waals surface area (Å²) >= 11 is 0. The van der Waals surface area contributed by atoms with Gasteiger partial charge in [0.15, 0.2) is 0 Å². The Labute approximate surface area is 47.4 Å². The van der Waals surface area contributed by atoms with E-state index in [9.17, 15) is 9.59 Å². The number of isocyanates is 1. The Kier molecular flexibility index (Phi) is 5.33. The highest BCUT2D eigenvalue weighted by molar-refractivity contribution is 5.49. The minimum atomic E-state index is 0.419. The molecule has 0 aliphatic rings. The van der Waals surface area contributed by atoms with E-state index in [0.717, 1.165) is 6.29 Å². The van der Waals surface area contributed by atoms with Crippen molar-refractivity contribution in [1.82, 2.24) is 0 Å². The van der Waals surface area contributed by atoms with Crippen molar-refractivity contribution in [3.8, 4) is 0 Å². The molecule has 8 heavy (non-hydrogen) atoms. The first-order chi connectivity index (χ1) is 3.91. The first kappa shape index (κ1) is 7.05. The normalized spacial score (nSPS) is 7.50. The van der Waals surface area contributed by atoms with E-state index in [1.807, 2.05) is 0 Å². The number of hydrogen-bond acceptors (Lipinski definition) is 3. The Bertz CT molecular complexity index is 105. The summed E-state index contributed by atoms with van der Waals surface area (Å²) in [6, 6.07) is 0. The van der Waals surface area contributed by atoms with Crippen molar-refractivity contribution in [2.24, 2.45) is 4.99 Å². The molecule has 0 saturated carbocycles. The highest BCUT2D eigenvalue weighted by Gasteiger charge is 1.79. The minimum Gasteiger partial charge on any atom is -0.303 e. The lowest BCUT2D eigenvalue weighted by Gasteiger charge is -1.80. The van der Waals surface area contributed by atoms with Gasteiger partial charge in [0.25, 0.3) is 0 Å². The summed E-state index contributed by atoms with van der Waals surface area (Å²) in [5.41, 5.74) is 0. The molecule has 0 aliphatic heterocycles. The molecule has 0 unspecified atom stereocenters. The fourth-order valence-electron chi connectivity index (χ4n) is 0.299. The molecular weight excluding hydrogens is 106 g/mol. The number of hydrogen-bond donors (Lipinski definition) is 0. The maximum absolute atomic E-state index is 9.63. The molecule has 0 aromatic rings. The van der Waals surface area contributed by atoms with Gasteiger partial charge in [-0.05, 0) is 6.42 Å². The van der Waals surface area contributed by atoms with Crippen molar-refractivity contribution in [2.75, 3.05) is 6.54 Å². The van der Waals surface area contributed by atoms with E-state index in [-0.39, 0.29) is 0 Å². The zero-order chi connectivity index (χ0) is 6.24. The van der Waals surface area contributed by atoms with E-state index >= 15 is 0 Å². The van der Waals surface area contributed by atoms with E-state index in [2.05, 4.69) is 4.99 Å². The Morgan fingerprint density at radius 1 is 1.62 bits per heavy atom. The first-order valence-corrected chi connectivity index (χ1v) is 2.39. The van der Waals surface area contributed by atoms with Gasteiger partial charge in [0.05, 0.1) is 6.54 Å². The molecule has 0 radical (unpaired) electrons. The summed E-state index contributed by atoms with van der Waals surface area (Å²) in [6.45, 7) is 0.419. The van der Waals surface area contributed by atoms with Crippen LogP contribution in [0.1, 0.15) is 12.8 Å². The molecule has 0 heterocycles. The quantitative estimate of drug-likeness (QED) is 0.228. The van der Waals surface area contributed by atoms with Gasteiger partial charge in [-0.2, -0.15) is 0 Å². The summed E-state index contributed by atoms with van der Waals surface area (Å²) in [6.07, 6.45) is 3.32. The third-order valence-electron chi connectivity index (χ3n) is 0.656. The second-order valence-corrected chi connectivity index (χ2v) is 1.28. The smallest absolute Gasteiger partial charge is 0.234 e. The number of aldehydes is 1. The molecule has 44 valence electrons. The molecule has 0 aromatic heterocycles. The van der Waals surface area contributed by atoms with Crippen molar-refractivity contribution in [3.63, 3.8) is 0 Å². The van der Waals surface area contributed by atoms with Gasteiger partial charge in [-0.15, -0.1) is 0 Å². The van der Waals surface area contributed by atoms with Crippen molar-refractivity contribution in [3.05, 3.63) is 0 Å². The summed E-state index contributed by atoms with van der Waals surface area (Å²) in [5.74, 6) is 0. The lowest BCUT2D eigenvalue weighted by Crippen LogP contribution is -1.80. The lowest BCUT2D eigenvalue weighted by atomic mass is 10.3. The van der Waals surface area contributed by atoms with Crippen LogP contribution in [0.3, 0.4) is 0 Å². The van der Waals surface area contributed by atoms with Gasteiger partial charge in [0.1, 0.15) is 6.29 Å². The third-order valence-corrected chi connectivity index (χ3v) is 0.656. The number of nitrogens with zero attached hydrogens (tertiary/aromatic N) is 1. The highest BCUT2D eigenvalue weighted by atomic mass is 16.1. The zero-order valence-corrected chi connectivity index (χ0v) is 4.46. The van der Waals surface area contributed by atoms with Crippen LogP contribution < -0.4 is 0 Å². The second kappa shape index (κ2) is 6.05. The van der Waals surface area contributed by atoms with Gasteiger partial charge in [-0.3, -0.25) is 0 Å². The number of rotatable bonds is 4. The minimum absolute atomic E-state index is 0.419. The van der Waals surface area contributed by atoms with Crippen molar-refractivity contribution in [1.29, 1.82) is 0 Å². The van der Waals surface area contributed by atoms with Crippen LogP contribution in [0.5, 0.6) is 0 Å². The molecule has 0 spiro atoms. The lowest BCUT2D eigenvalue weighted by molar-refractivity contribution is -0.107. The molecule has 0 fully saturated rings. The second-order valence-electron chi connectivity index (χ2n) is 1.28. The van der Waals surface area contributed by atoms with Gasteiger partial charge >= 0.3 is 0 Å². The number of carbonyl (C=O) groups excluding carboxylic acids is 2. The molecular formula is C5H7NO2. The van der Waals surface area contributed by atoms with Crippen LogP contribution in [0, 0.1) is 0 Å². The number of aliphatic imine (C=N–C) groups is 1. The Hall–Kier alpha value is -0.950. The van der Waals surface area contributed by atoms with Crippen LogP contribution in [-0.2, 0) is 9.59 Å². The van der Waals surface area contributed by atoms with Gasteiger partial charge in [0, 0.05) is 6.42 Å². The summed E-state index contributed by atoms with van der Waals surface area (Å²) in [7, 11) is 0. The van der Waals surface area contributed by atoms with Crippen LogP contribution >= 0.6 is 0 Å². The number of unbranched alkanes of at least 4 members (excludes halogenated alkanes) is 1. The van der Waals surface area contributed by atoms with E-state index < -0.39 is 0 Å². The fourth-order valence-corrected chi connectivity index (χ4v) is 0.299. The van der Waals surface area contributed by atoms with E-state index in [1.54, 1.807) is 0 Å². The average Bonchev–Trinajstić information content (AvgIpc) is 1.81. The SMILES string of the molecule is O=C=NCCCC=O. The molecule has 0 aromatic carbocycles. The molecule has 3 nitrogen and oxygen atoms in total. The topological polar surface area (TPSA) is 46.5 Å². The monoisotopic (exact) mass is 113 g/mol. The van der Waals surface area contributed by atoms with Crippen LogP contribution in [0.4, 0.5) is 0 Å². The molecule has 3 heteroatoms. The van der Waals surface area contributed by atoms with Crippen molar-refractivity contribution in [2.45, 2.75) is 12.8 Å². The zero-order valence-electron chi connectivity index (χ0n) is 4.46. The molecule has 0 aliphatic carbocycles. The number of carbonyl (C=O) groups is 1. The maximum Gasteiger partial charge on any atom is 0.234 e. The van der Waals surface area contributed by atoms with Crippen LogP contribution in [0.15, 0.2) is 4.99 Å². The summed E-state index contributed by atoms with van der Waals surface area (Å²) < 4.78 is 0. The van der Waals surface area contributed by atoms with Gasteiger partial charge in [-0.25, -0.2) is 9.79 Å². The van der Waals surface area contributed by atoms with Crippen LogP contribution in [-0.4, -0.2) is 18.9 Å². The molecule has 0 atom stereocenters. The van der Waals surface area contributed by atoms with Gasteiger partial charge in [0.2, 0.25) is 6.08 Å². The summed E-state index contributed by atoms with van der Waals surface area (Å²) in [5, 5.41) is 0. The third kappa shape index (κ3) is 5.05. The van der Waals surface area contributed by atoms with Gasteiger partial charge in [-0.1, -0.05) is 0 Å². The fraction of sp³-hybridized carbons (Fsp3) is 0.600. The highest BCUT2D eigenvalue weighted by Crippen LogP contribution is 1.82. The maximum atomic E-state index is 9.63. The standard InChI is InChI=1S/C5H7NO2/c7-4-2-1-3-6-5-8/h4H,1-3H2. The molecule has 0 N–H and O–H groups in total. The van der Waals surface area contributed by atoms with Crippen molar-refractivity contribution >= 4 is 12.4 Å². The van der Waals surface area contributed by atoms with E-state index in [1.165, 1.54) is 6.08 Å². The van der Waals surface area contributed by atoms with E-state index in [4.69, 9.17) is 0 Å². The van der Waals surface area contributed by atoms with Gasteiger partial charge < -0.3 is 4.79 Å². The van der Waals surface area contributed by atoms with E-state index in [0.29, 0.717) is 19.4 Å². The Morgan fingerprint density at radius 3 is 2.88 bits per heavy atom. The van der Waals surface area contributed by atoms with Crippen LogP contribution in [0.25, 0.3) is 0 Å². The predicted molar refractivity (Wildman–Crippen MR) is 28.3 cm³/mol. The Morgan fingerprint density at radius 2 is 2.38 bits per heavy atom. The first-order valence-electron chi connectivity index (χ1n) is 2.39.